The number of nitrogens with zero attached hydrogens (tertiary/aromatic N) is 3. The molecule has 6 nitrogen and oxygen atoms in total. The highest BCUT2D eigenvalue weighted by atomic mass is 127. The smallest absolute Gasteiger partial charge is 0.225 e. The van der Waals surface area contributed by atoms with Crippen LogP contribution in [0.1, 0.15) is 30.7 Å². The van der Waals surface area contributed by atoms with Crippen molar-refractivity contribution in [2.24, 2.45) is 10.9 Å². The number of aliphatic imine (C=N–C) groups is 1. The summed E-state index contributed by atoms with van der Waals surface area (Å²) >= 11 is 0. The van der Waals surface area contributed by atoms with Gasteiger partial charge in [-0.3, -0.25) is 9.79 Å². The summed E-state index contributed by atoms with van der Waals surface area (Å²) in [5.41, 5.74) is 0.783. The van der Waals surface area contributed by atoms with Gasteiger partial charge in [-0.15, -0.1) is 24.0 Å². The minimum absolute atomic E-state index is 0. The van der Waals surface area contributed by atoms with E-state index in [0.29, 0.717) is 26.3 Å². The molecule has 2 aliphatic heterocycles. The molecule has 0 radical (unpaired) electrons. The van der Waals surface area contributed by atoms with Gasteiger partial charge in [0, 0.05) is 51.1 Å². The number of amides is 1. The van der Waals surface area contributed by atoms with Gasteiger partial charge in [0.05, 0.1) is 13.2 Å². The van der Waals surface area contributed by atoms with Crippen LogP contribution in [0.4, 0.5) is 4.39 Å². The van der Waals surface area contributed by atoms with E-state index in [0.717, 1.165) is 43.9 Å². The van der Waals surface area contributed by atoms with E-state index in [1.165, 1.54) is 6.07 Å². The summed E-state index contributed by atoms with van der Waals surface area (Å²) in [5.74, 6) is 1.31. The third kappa shape index (κ3) is 5.20. The van der Waals surface area contributed by atoms with Crippen molar-refractivity contribution in [2.45, 2.75) is 31.2 Å². The second-order valence-corrected chi connectivity index (χ2v) is 7.86. The number of carbonyl (C=O) groups is 1. The number of likely N-dealkylation sites (tertiary alicyclic amines) is 1. The number of piperidine rings is 1. The largest absolute Gasteiger partial charge is 0.378 e. The van der Waals surface area contributed by atoms with Crippen LogP contribution in [0.15, 0.2) is 29.3 Å². The number of ether oxygens (including phenoxy) is 1. The van der Waals surface area contributed by atoms with E-state index in [2.05, 4.69) is 15.2 Å². The molecule has 0 spiro atoms. The number of hydrogen-bond acceptors (Lipinski definition) is 3. The molecule has 3 aliphatic rings. The molecule has 1 saturated carbocycles. The van der Waals surface area contributed by atoms with Gasteiger partial charge in [-0.25, -0.2) is 4.39 Å². The molecule has 1 N–H and O–H groups in total. The van der Waals surface area contributed by atoms with Crippen LogP contribution in [0.2, 0.25) is 0 Å². The van der Waals surface area contributed by atoms with E-state index in [4.69, 9.17) is 4.74 Å². The number of carbonyl (C=O) groups excluding carboxylic acids is 1. The van der Waals surface area contributed by atoms with Crippen LogP contribution in [-0.4, -0.2) is 74.1 Å². The molecule has 8 heteroatoms. The molecule has 2 atom stereocenters. The lowest BCUT2D eigenvalue weighted by Gasteiger charge is -2.36. The van der Waals surface area contributed by atoms with E-state index in [1.807, 2.05) is 17.0 Å². The zero-order chi connectivity index (χ0) is 19.5. The molecule has 2 unspecified atom stereocenters. The van der Waals surface area contributed by atoms with Crippen LogP contribution in [0.25, 0.3) is 0 Å². The van der Waals surface area contributed by atoms with E-state index >= 15 is 0 Å². The lowest BCUT2D eigenvalue weighted by Crippen LogP contribution is -2.50. The quantitative estimate of drug-likeness (QED) is 0.381. The van der Waals surface area contributed by atoms with Crippen molar-refractivity contribution in [2.75, 3.05) is 46.4 Å². The summed E-state index contributed by atoms with van der Waals surface area (Å²) < 4.78 is 19.3. The fourth-order valence-electron chi connectivity index (χ4n) is 4.32. The topological polar surface area (TPSA) is 57.2 Å². The van der Waals surface area contributed by atoms with Crippen molar-refractivity contribution in [3.63, 3.8) is 0 Å². The van der Waals surface area contributed by atoms with Crippen molar-refractivity contribution in [1.82, 2.24) is 15.1 Å². The lowest BCUT2D eigenvalue weighted by molar-refractivity contribution is -0.140. The van der Waals surface area contributed by atoms with Crippen molar-refractivity contribution in [1.29, 1.82) is 0 Å². The molecule has 1 amide bonds. The summed E-state index contributed by atoms with van der Waals surface area (Å²) in [6, 6.07) is 7.23. The van der Waals surface area contributed by atoms with Crippen LogP contribution in [0.3, 0.4) is 0 Å². The Kier molecular flexibility index (Phi) is 7.72. The summed E-state index contributed by atoms with van der Waals surface area (Å²) in [7, 11) is 1.79. The van der Waals surface area contributed by atoms with Crippen LogP contribution < -0.4 is 5.32 Å². The van der Waals surface area contributed by atoms with Crippen molar-refractivity contribution >= 4 is 35.8 Å². The maximum Gasteiger partial charge on any atom is 0.225 e. The average molecular weight is 516 g/mol. The van der Waals surface area contributed by atoms with Crippen molar-refractivity contribution < 1.29 is 13.9 Å². The Morgan fingerprint density at radius 2 is 1.83 bits per heavy atom. The number of morpholine rings is 1. The first-order chi connectivity index (χ1) is 13.7. The molecular weight excluding hydrogens is 486 g/mol. The van der Waals surface area contributed by atoms with Gasteiger partial charge in [-0.2, -0.15) is 0 Å². The summed E-state index contributed by atoms with van der Waals surface area (Å²) in [6.07, 6.45) is 2.61. The van der Waals surface area contributed by atoms with Gasteiger partial charge in [0.2, 0.25) is 5.91 Å². The fraction of sp³-hybridized carbons (Fsp3) is 0.619. The van der Waals surface area contributed by atoms with Gasteiger partial charge in [0.15, 0.2) is 5.96 Å². The summed E-state index contributed by atoms with van der Waals surface area (Å²) in [4.78, 5) is 21.3. The third-order valence-corrected chi connectivity index (χ3v) is 6.09. The average Bonchev–Trinajstić information content (AvgIpc) is 3.51. The highest BCUT2D eigenvalue weighted by Crippen LogP contribution is 2.42. The number of benzene rings is 1. The zero-order valence-electron chi connectivity index (χ0n) is 16.8. The Hall–Kier alpha value is -1.42. The monoisotopic (exact) mass is 516 g/mol. The first-order valence-electron chi connectivity index (χ1n) is 10.3. The number of hydrogen-bond donors (Lipinski definition) is 1. The Morgan fingerprint density at radius 3 is 2.48 bits per heavy atom. The molecule has 1 aromatic rings. The van der Waals surface area contributed by atoms with Gasteiger partial charge in [-0.1, -0.05) is 18.2 Å². The predicted molar refractivity (Wildman–Crippen MR) is 121 cm³/mol. The minimum Gasteiger partial charge on any atom is -0.378 e. The Balaban J connectivity index is 0.00000240. The standard InChI is InChI=1S/C21H29FN4O2.HI/c1-23-21(24-19-14-17(19)16-4-2-3-5-18(16)22)26-8-6-15(7-9-26)20(27)25-10-12-28-13-11-25;/h2-5,15,17,19H,6-14H2,1H3,(H,23,24);1H. The summed E-state index contributed by atoms with van der Waals surface area (Å²) in [5, 5.41) is 3.49. The van der Waals surface area contributed by atoms with Crippen molar-refractivity contribution in [3.8, 4) is 0 Å². The van der Waals surface area contributed by atoms with Gasteiger partial charge < -0.3 is 19.9 Å². The number of nitrogens with one attached hydrogen (secondary N) is 1. The number of halogens is 2. The van der Waals surface area contributed by atoms with Crippen molar-refractivity contribution in [3.05, 3.63) is 35.6 Å². The van der Waals surface area contributed by atoms with E-state index < -0.39 is 0 Å². The van der Waals surface area contributed by atoms with E-state index in [1.54, 1.807) is 13.1 Å². The molecule has 3 fully saturated rings. The normalized spacial score (nSPS) is 25.4. The second kappa shape index (κ2) is 10.1. The first-order valence-corrected chi connectivity index (χ1v) is 10.3. The molecular formula is C21H30FIN4O2. The molecule has 1 aliphatic carbocycles. The predicted octanol–water partition coefficient (Wildman–Crippen LogP) is 2.45. The Bertz CT molecular complexity index is 733. The third-order valence-electron chi connectivity index (χ3n) is 6.09. The number of guanidine groups is 1. The Morgan fingerprint density at radius 1 is 1.14 bits per heavy atom. The maximum atomic E-state index is 14.0. The molecule has 4 rings (SSSR count). The highest BCUT2D eigenvalue weighted by Gasteiger charge is 2.41. The molecule has 29 heavy (non-hydrogen) atoms. The van der Waals surface area contributed by atoms with Gasteiger partial charge >= 0.3 is 0 Å². The summed E-state index contributed by atoms with van der Waals surface area (Å²) in [6.45, 7) is 4.34. The lowest BCUT2D eigenvalue weighted by atomic mass is 9.95. The van der Waals surface area contributed by atoms with E-state index in [-0.39, 0.29) is 53.6 Å². The molecule has 2 saturated heterocycles. The van der Waals surface area contributed by atoms with E-state index in [9.17, 15) is 9.18 Å². The molecule has 160 valence electrons. The zero-order valence-corrected chi connectivity index (χ0v) is 19.2. The maximum absolute atomic E-state index is 14.0. The number of rotatable bonds is 3. The first kappa shape index (κ1) is 22.3. The Labute approximate surface area is 188 Å². The minimum atomic E-state index is -0.130. The molecule has 1 aromatic carbocycles. The molecule has 0 aromatic heterocycles. The highest BCUT2D eigenvalue weighted by molar-refractivity contribution is 14.0. The van der Waals surface area contributed by atoms with Crippen LogP contribution in [-0.2, 0) is 9.53 Å². The van der Waals surface area contributed by atoms with Gasteiger partial charge in [0.1, 0.15) is 5.82 Å². The van der Waals surface area contributed by atoms with Crippen LogP contribution in [0.5, 0.6) is 0 Å². The SMILES string of the molecule is CN=C(NC1CC1c1ccccc1F)N1CCC(C(=O)N2CCOCC2)CC1.I. The van der Waals surface area contributed by atoms with Gasteiger partial charge in [-0.05, 0) is 30.9 Å². The molecule has 2 heterocycles. The van der Waals surface area contributed by atoms with Crippen LogP contribution >= 0.6 is 24.0 Å². The second-order valence-electron chi connectivity index (χ2n) is 7.86. The fourth-order valence-corrected chi connectivity index (χ4v) is 4.32. The van der Waals surface area contributed by atoms with Gasteiger partial charge in [0.25, 0.3) is 0 Å². The van der Waals surface area contributed by atoms with Crippen LogP contribution in [0, 0.1) is 11.7 Å². The molecule has 0 bridgehead atoms.